The summed E-state index contributed by atoms with van der Waals surface area (Å²) in [6.07, 6.45) is 15.7. The first-order valence-corrected chi connectivity index (χ1v) is 22.1. The number of allylic oxidation sites excluding steroid dienone is 4. The Balaban J connectivity index is 0.00000208. The van der Waals surface area contributed by atoms with Crippen molar-refractivity contribution in [3.05, 3.63) is 109 Å². The maximum Gasteiger partial charge on any atom is -1.00 e. The van der Waals surface area contributed by atoms with E-state index in [2.05, 4.69) is 111 Å². The number of furan rings is 1. The fourth-order valence-corrected chi connectivity index (χ4v) is 22.7. The van der Waals surface area contributed by atoms with Gasteiger partial charge in [0.15, 0.2) is 0 Å². The SMILES string of the molecule is Cc1cc2c(c(C)c1C)C(C)c1c3c(c4ccccc4c1-2)C(C)C(C)C(C)[C]3(C)[Zr+2]([C]1=C(c2ccoc2)C=CC1C)=[C]1CCCCC1.[Cl-].[Cl-]. The molecule has 1 fully saturated rings. The summed E-state index contributed by atoms with van der Waals surface area (Å²) in [7, 11) is 0. The first kappa shape index (κ1) is 36.8. The molecule has 4 aromatic rings. The number of rotatable bonds is 3. The van der Waals surface area contributed by atoms with Gasteiger partial charge in [-0.25, -0.2) is 0 Å². The van der Waals surface area contributed by atoms with Gasteiger partial charge in [-0.3, -0.25) is 0 Å². The molecule has 0 bridgehead atoms. The average molecular weight is 771 g/mol. The third-order valence-electron chi connectivity index (χ3n) is 13.8. The van der Waals surface area contributed by atoms with E-state index in [1.165, 1.54) is 76.3 Å². The van der Waals surface area contributed by atoms with Crippen LogP contribution in [0.4, 0.5) is 0 Å². The summed E-state index contributed by atoms with van der Waals surface area (Å²) in [5, 5.41) is 3.00. The molecule has 0 amide bonds. The standard InChI is InChI=1S/C29H33.C10H9O.C6H10.2ClH.Zr/c1-14-13-24-25(18(5)15(14)2)21(8)28-27-20(7)17(4)16(3)19(6)26(27)22-11-9-10-12-23(22)29(24)28;1-8-2-3-9(6-8)10-4-5-11-7-10;1-2-4-6-5-3-1;;;/h9-13,16-17,19,21H,1-8H3;2-5,7-8H,1H3;1-5H2;2*1H;/q;;;;;+2/p-2. The molecule has 3 aromatic carbocycles. The summed E-state index contributed by atoms with van der Waals surface area (Å²) in [4.78, 5) is 0. The molecule has 1 heterocycles. The van der Waals surface area contributed by atoms with Crippen molar-refractivity contribution in [2.24, 2.45) is 17.8 Å². The monoisotopic (exact) mass is 768 g/mol. The minimum Gasteiger partial charge on any atom is -1.00 e. The first-order chi connectivity index (χ1) is 22.6. The molecule has 4 aliphatic rings. The van der Waals surface area contributed by atoms with Crippen LogP contribution in [0.3, 0.4) is 0 Å². The van der Waals surface area contributed by atoms with Crippen molar-refractivity contribution < 1.29 is 50.5 Å². The Bertz CT molecular complexity index is 2040. The molecule has 4 aliphatic carbocycles. The molecule has 0 spiro atoms. The molecule has 6 unspecified atom stereocenters. The minimum atomic E-state index is -2.66. The topological polar surface area (TPSA) is 13.1 Å². The Kier molecular flexibility index (Phi) is 10.2. The van der Waals surface area contributed by atoms with Crippen LogP contribution in [0.15, 0.2) is 68.8 Å². The van der Waals surface area contributed by atoms with Gasteiger partial charge in [0, 0.05) is 0 Å². The van der Waals surface area contributed by atoms with E-state index in [0.29, 0.717) is 29.6 Å². The normalized spacial score (nSPS) is 26.9. The van der Waals surface area contributed by atoms with Crippen molar-refractivity contribution in [1.29, 1.82) is 0 Å². The van der Waals surface area contributed by atoms with Crippen molar-refractivity contribution in [2.75, 3.05) is 0 Å². The van der Waals surface area contributed by atoms with Crippen LogP contribution in [-0.4, -0.2) is 3.21 Å². The van der Waals surface area contributed by atoms with Crippen LogP contribution < -0.4 is 24.8 Å². The van der Waals surface area contributed by atoms with Crippen molar-refractivity contribution in [3.8, 4) is 11.1 Å². The van der Waals surface area contributed by atoms with Gasteiger partial charge < -0.3 is 24.8 Å². The molecular weight excluding hydrogens is 719 g/mol. The number of aryl methyl sites for hydroxylation is 1. The molecule has 1 nitrogen and oxygen atoms in total. The first-order valence-electron chi connectivity index (χ1n) is 18.4. The van der Waals surface area contributed by atoms with E-state index in [9.17, 15) is 0 Å². The Morgan fingerprint density at radius 1 is 0.816 bits per heavy atom. The molecular formula is C45H52Cl2OZr. The van der Waals surface area contributed by atoms with Crippen LogP contribution in [0.1, 0.15) is 130 Å². The van der Waals surface area contributed by atoms with E-state index in [-0.39, 0.29) is 27.9 Å². The fraction of sp³-hybridized carbons (Fsp3) is 0.444. The molecule has 0 radical (unpaired) electrons. The quantitative estimate of drug-likeness (QED) is 0.233. The summed E-state index contributed by atoms with van der Waals surface area (Å²) >= 11 is -2.66. The maximum absolute atomic E-state index is 5.75. The van der Waals surface area contributed by atoms with Gasteiger partial charge in [-0.2, -0.15) is 0 Å². The van der Waals surface area contributed by atoms with Gasteiger partial charge in [-0.1, -0.05) is 0 Å². The predicted octanol–water partition coefficient (Wildman–Crippen LogP) is 6.47. The molecule has 8 rings (SSSR count). The molecule has 49 heavy (non-hydrogen) atoms. The van der Waals surface area contributed by atoms with Gasteiger partial charge in [-0.05, 0) is 0 Å². The molecule has 0 saturated heterocycles. The zero-order valence-electron chi connectivity index (χ0n) is 30.9. The molecule has 4 heteroatoms. The van der Waals surface area contributed by atoms with Gasteiger partial charge in [0.05, 0.1) is 0 Å². The second-order valence-electron chi connectivity index (χ2n) is 15.9. The number of hydrogen-bond acceptors (Lipinski definition) is 1. The van der Waals surface area contributed by atoms with Gasteiger partial charge in [0.2, 0.25) is 0 Å². The number of benzene rings is 3. The van der Waals surface area contributed by atoms with Crippen molar-refractivity contribution in [1.82, 2.24) is 0 Å². The Hall–Kier alpha value is -1.99. The summed E-state index contributed by atoms with van der Waals surface area (Å²) in [6.45, 7) is 22.8. The average Bonchev–Trinajstić information content (AvgIpc) is 3.81. The van der Waals surface area contributed by atoms with E-state index < -0.39 is 21.3 Å². The van der Waals surface area contributed by atoms with Gasteiger partial charge >= 0.3 is 292 Å². The van der Waals surface area contributed by atoms with Gasteiger partial charge in [0.25, 0.3) is 0 Å². The number of halogens is 2. The van der Waals surface area contributed by atoms with Gasteiger partial charge in [-0.15, -0.1) is 0 Å². The van der Waals surface area contributed by atoms with E-state index in [1.54, 1.807) is 27.8 Å². The third-order valence-corrected chi connectivity index (χ3v) is 24.2. The van der Waals surface area contributed by atoms with E-state index >= 15 is 0 Å². The van der Waals surface area contributed by atoms with Crippen LogP contribution in [-0.2, 0) is 24.4 Å². The molecule has 0 aliphatic heterocycles. The van der Waals surface area contributed by atoms with Crippen LogP contribution in [0.25, 0.3) is 27.5 Å². The molecule has 0 N–H and O–H groups in total. The third kappa shape index (κ3) is 5.19. The van der Waals surface area contributed by atoms with Gasteiger partial charge in [0.1, 0.15) is 0 Å². The zero-order valence-corrected chi connectivity index (χ0v) is 34.8. The second-order valence-corrected chi connectivity index (χ2v) is 23.4. The summed E-state index contributed by atoms with van der Waals surface area (Å²) in [5.41, 5.74) is 17.0. The van der Waals surface area contributed by atoms with Crippen LogP contribution in [0.2, 0.25) is 0 Å². The Morgan fingerprint density at radius 2 is 1.51 bits per heavy atom. The van der Waals surface area contributed by atoms with Crippen LogP contribution in [0, 0.1) is 38.5 Å². The molecule has 1 aromatic heterocycles. The van der Waals surface area contributed by atoms with Crippen molar-refractivity contribution in [2.45, 2.75) is 109 Å². The molecule has 256 valence electrons. The predicted molar refractivity (Wildman–Crippen MR) is 197 cm³/mol. The summed E-state index contributed by atoms with van der Waals surface area (Å²) in [5.74, 6) is 2.62. The number of fused-ring (bicyclic) bond motifs is 8. The number of hydrogen-bond donors (Lipinski definition) is 0. The Labute approximate surface area is 315 Å². The Morgan fingerprint density at radius 3 is 2.18 bits per heavy atom. The van der Waals surface area contributed by atoms with E-state index in [4.69, 9.17) is 4.42 Å². The molecule has 1 saturated carbocycles. The van der Waals surface area contributed by atoms with Crippen LogP contribution in [0.5, 0.6) is 0 Å². The van der Waals surface area contributed by atoms with Crippen molar-refractivity contribution in [3.63, 3.8) is 0 Å². The van der Waals surface area contributed by atoms with E-state index in [0.717, 1.165) is 0 Å². The second kappa shape index (κ2) is 13.5. The fourth-order valence-electron chi connectivity index (χ4n) is 10.8. The summed E-state index contributed by atoms with van der Waals surface area (Å²) < 4.78 is 9.73. The zero-order chi connectivity index (χ0) is 32.9. The maximum atomic E-state index is 5.75. The smallest absolute Gasteiger partial charge is 1.00 e. The van der Waals surface area contributed by atoms with Crippen LogP contribution >= 0.6 is 0 Å². The minimum absolute atomic E-state index is 0. The van der Waals surface area contributed by atoms with E-state index in [1.807, 2.05) is 19.0 Å². The largest absolute Gasteiger partial charge is 1.00 e. The molecule has 6 atom stereocenters. The summed E-state index contributed by atoms with van der Waals surface area (Å²) in [6, 6.07) is 14.3. The van der Waals surface area contributed by atoms with Crippen molar-refractivity contribution >= 4 is 19.6 Å².